The van der Waals surface area contributed by atoms with Crippen LogP contribution < -0.4 is 5.32 Å². The third-order valence-electron chi connectivity index (χ3n) is 2.76. The number of benzene rings is 1. The van der Waals surface area contributed by atoms with E-state index in [4.69, 9.17) is 4.52 Å². The van der Waals surface area contributed by atoms with Crippen LogP contribution in [0.3, 0.4) is 0 Å². The monoisotopic (exact) mass is 285 g/mol. The molecule has 0 spiro atoms. The predicted molar refractivity (Wildman–Crippen MR) is 67.0 cm³/mol. The maximum absolute atomic E-state index is 12.9. The van der Waals surface area contributed by atoms with Gasteiger partial charge in [0.2, 0.25) is 11.7 Å². The van der Waals surface area contributed by atoms with Crippen molar-refractivity contribution >= 4 is 0 Å². The fourth-order valence-electron chi connectivity index (χ4n) is 1.81. The molecule has 1 N–H and O–H groups in total. The summed E-state index contributed by atoms with van der Waals surface area (Å²) in [6.45, 7) is 0.775. The Hall–Kier alpha value is -1.89. The SMILES string of the molecule is CNCCCc1nc(-c2ccccc2C(F)(F)F)no1. The van der Waals surface area contributed by atoms with Gasteiger partial charge in [-0.3, -0.25) is 0 Å². The van der Waals surface area contributed by atoms with Gasteiger partial charge in [0.15, 0.2) is 0 Å². The molecule has 0 unspecified atom stereocenters. The van der Waals surface area contributed by atoms with Gasteiger partial charge >= 0.3 is 6.18 Å². The summed E-state index contributed by atoms with van der Waals surface area (Å²) < 4.78 is 43.7. The van der Waals surface area contributed by atoms with Crippen molar-refractivity contribution in [2.45, 2.75) is 19.0 Å². The molecule has 1 heterocycles. The van der Waals surface area contributed by atoms with Crippen LogP contribution in [0.15, 0.2) is 28.8 Å². The van der Waals surface area contributed by atoms with Gasteiger partial charge in [0.1, 0.15) is 0 Å². The molecule has 0 atom stereocenters. The van der Waals surface area contributed by atoms with Crippen molar-refractivity contribution in [2.75, 3.05) is 13.6 Å². The summed E-state index contributed by atoms with van der Waals surface area (Å²) in [5.74, 6) is 0.310. The molecule has 0 bridgehead atoms. The van der Waals surface area contributed by atoms with Crippen LogP contribution in [-0.4, -0.2) is 23.7 Å². The molecule has 0 aliphatic rings. The highest BCUT2D eigenvalue weighted by atomic mass is 19.4. The Morgan fingerprint density at radius 3 is 2.70 bits per heavy atom. The number of aryl methyl sites for hydroxylation is 1. The van der Waals surface area contributed by atoms with E-state index >= 15 is 0 Å². The molecule has 7 heteroatoms. The van der Waals surface area contributed by atoms with Gasteiger partial charge in [-0.25, -0.2) is 0 Å². The normalized spacial score (nSPS) is 11.8. The highest BCUT2D eigenvalue weighted by molar-refractivity contribution is 5.60. The first kappa shape index (κ1) is 14.5. The van der Waals surface area contributed by atoms with Crippen molar-refractivity contribution in [2.24, 2.45) is 0 Å². The number of halogens is 3. The van der Waals surface area contributed by atoms with Crippen LogP contribution in [0.5, 0.6) is 0 Å². The van der Waals surface area contributed by atoms with Crippen molar-refractivity contribution < 1.29 is 17.7 Å². The van der Waals surface area contributed by atoms with E-state index in [1.165, 1.54) is 18.2 Å². The first-order valence-corrected chi connectivity index (χ1v) is 6.16. The Kier molecular flexibility index (Phi) is 4.39. The second kappa shape index (κ2) is 6.04. The van der Waals surface area contributed by atoms with Gasteiger partial charge in [-0.15, -0.1) is 0 Å². The first-order valence-electron chi connectivity index (χ1n) is 6.16. The Morgan fingerprint density at radius 1 is 1.25 bits per heavy atom. The third-order valence-corrected chi connectivity index (χ3v) is 2.76. The zero-order valence-corrected chi connectivity index (χ0v) is 10.9. The maximum Gasteiger partial charge on any atom is 0.417 e. The van der Waals surface area contributed by atoms with Gasteiger partial charge < -0.3 is 9.84 Å². The molecule has 2 aromatic rings. The van der Waals surface area contributed by atoms with Gasteiger partial charge in [0, 0.05) is 12.0 Å². The van der Waals surface area contributed by atoms with Crippen molar-refractivity contribution in [1.29, 1.82) is 0 Å². The summed E-state index contributed by atoms with van der Waals surface area (Å²) in [6.07, 6.45) is -3.13. The van der Waals surface area contributed by atoms with Crippen molar-refractivity contribution in [1.82, 2.24) is 15.5 Å². The van der Waals surface area contributed by atoms with E-state index in [0.717, 1.165) is 19.0 Å². The summed E-state index contributed by atoms with van der Waals surface area (Å²) in [5.41, 5.74) is -0.828. The molecular formula is C13H14F3N3O. The molecule has 0 radical (unpaired) electrons. The van der Waals surface area contributed by atoms with Crippen LogP contribution in [0.4, 0.5) is 13.2 Å². The zero-order chi connectivity index (χ0) is 14.6. The number of hydrogen-bond donors (Lipinski definition) is 1. The van der Waals surface area contributed by atoms with Gasteiger partial charge in [-0.05, 0) is 26.1 Å². The zero-order valence-electron chi connectivity index (χ0n) is 10.9. The van der Waals surface area contributed by atoms with Crippen LogP contribution in [-0.2, 0) is 12.6 Å². The van der Waals surface area contributed by atoms with E-state index in [1.807, 2.05) is 7.05 Å². The molecule has 4 nitrogen and oxygen atoms in total. The van der Waals surface area contributed by atoms with Gasteiger partial charge in [-0.1, -0.05) is 23.4 Å². The summed E-state index contributed by atoms with van der Waals surface area (Å²) in [6, 6.07) is 5.19. The molecule has 1 aromatic carbocycles. The molecular weight excluding hydrogens is 271 g/mol. The minimum atomic E-state index is -4.44. The third kappa shape index (κ3) is 3.36. The van der Waals surface area contributed by atoms with Crippen LogP contribution >= 0.6 is 0 Å². The molecule has 0 saturated heterocycles. The molecule has 0 aliphatic carbocycles. The smallest absolute Gasteiger partial charge is 0.339 e. The molecule has 0 amide bonds. The highest BCUT2D eigenvalue weighted by Gasteiger charge is 2.34. The molecule has 2 rings (SSSR count). The fraction of sp³-hybridized carbons (Fsp3) is 0.385. The van der Waals surface area contributed by atoms with E-state index in [-0.39, 0.29) is 11.4 Å². The second-order valence-electron chi connectivity index (χ2n) is 4.26. The number of hydrogen-bond acceptors (Lipinski definition) is 4. The minimum absolute atomic E-state index is 0.0302. The molecule has 108 valence electrons. The molecule has 0 aliphatic heterocycles. The quantitative estimate of drug-likeness (QED) is 0.858. The number of nitrogens with one attached hydrogen (secondary N) is 1. The van der Waals surface area contributed by atoms with Crippen LogP contribution in [0, 0.1) is 0 Å². The Morgan fingerprint density at radius 2 is 2.00 bits per heavy atom. The average Bonchev–Trinajstić information content (AvgIpc) is 2.87. The van der Waals surface area contributed by atoms with E-state index < -0.39 is 11.7 Å². The number of aromatic nitrogens is 2. The minimum Gasteiger partial charge on any atom is -0.339 e. The Balaban J connectivity index is 2.24. The van der Waals surface area contributed by atoms with Crippen LogP contribution in [0.1, 0.15) is 17.9 Å². The van der Waals surface area contributed by atoms with E-state index in [2.05, 4.69) is 15.5 Å². The molecule has 1 aromatic heterocycles. The Labute approximate surface area is 114 Å². The van der Waals surface area contributed by atoms with E-state index in [9.17, 15) is 13.2 Å². The maximum atomic E-state index is 12.9. The standard InChI is InChI=1S/C13H14F3N3O/c1-17-8-4-7-11-18-12(19-20-11)9-5-2-3-6-10(9)13(14,15)16/h2-3,5-6,17H,4,7-8H2,1H3. The van der Waals surface area contributed by atoms with Crippen molar-refractivity contribution in [3.63, 3.8) is 0 Å². The van der Waals surface area contributed by atoms with Gasteiger partial charge in [0.05, 0.1) is 5.56 Å². The average molecular weight is 285 g/mol. The number of alkyl halides is 3. The molecule has 0 fully saturated rings. The van der Waals surface area contributed by atoms with Crippen molar-refractivity contribution in [3.05, 3.63) is 35.7 Å². The second-order valence-corrected chi connectivity index (χ2v) is 4.26. The first-order chi connectivity index (χ1) is 9.52. The van der Waals surface area contributed by atoms with Crippen molar-refractivity contribution in [3.8, 4) is 11.4 Å². The summed E-state index contributed by atoms with van der Waals surface area (Å²) >= 11 is 0. The predicted octanol–water partition coefficient (Wildman–Crippen LogP) is 2.91. The molecule has 20 heavy (non-hydrogen) atoms. The Bertz CT molecular complexity index is 566. The van der Waals surface area contributed by atoms with E-state index in [0.29, 0.717) is 12.3 Å². The number of nitrogens with zero attached hydrogens (tertiary/aromatic N) is 2. The number of rotatable bonds is 5. The van der Waals surface area contributed by atoms with Crippen LogP contribution in [0.25, 0.3) is 11.4 Å². The largest absolute Gasteiger partial charge is 0.417 e. The summed E-state index contributed by atoms with van der Waals surface area (Å²) in [5, 5.41) is 6.60. The lowest BCUT2D eigenvalue weighted by atomic mass is 10.1. The fourth-order valence-corrected chi connectivity index (χ4v) is 1.81. The lowest BCUT2D eigenvalue weighted by Gasteiger charge is -2.09. The highest BCUT2D eigenvalue weighted by Crippen LogP contribution is 2.35. The summed E-state index contributed by atoms with van der Waals surface area (Å²) in [7, 11) is 1.82. The van der Waals surface area contributed by atoms with Gasteiger partial charge in [0.25, 0.3) is 0 Å². The topological polar surface area (TPSA) is 51.0 Å². The van der Waals surface area contributed by atoms with Gasteiger partial charge in [-0.2, -0.15) is 18.2 Å². The lowest BCUT2D eigenvalue weighted by molar-refractivity contribution is -0.137. The molecule has 0 saturated carbocycles. The lowest BCUT2D eigenvalue weighted by Crippen LogP contribution is -2.08. The van der Waals surface area contributed by atoms with E-state index in [1.54, 1.807) is 0 Å². The summed E-state index contributed by atoms with van der Waals surface area (Å²) in [4.78, 5) is 4.02. The van der Waals surface area contributed by atoms with Crippen LogP contribution in [0.2, 0.25) is 0 Å².